The summed E-state index contributed by atoms with van der Waals surface area (Å²) in [6.45, 7) is 3.67. The lowest BCUT2D eigenvalue weighted by molar-refractivity contribution is -0.0592. The quantitative estimate of drug-likeness (QED) is 0.257. The summed E-state index contributed by atoms with van der Waals surface area (Å²) in [6.07, 6.45) is 5.77. The molecule has 0 radical (unpaired) electrons. The number of nitrogens with one attached hydrogen (secondary N) is 1. The molecule has 7 rings (SSSR count). The van der Waals surface area contributed by atoms with Crippen molar-refractivity contribution in [3.63, 3.8) is 0 Å². The van der Waals surface area contributed by atoms with Crippen LogP contribution in [0.15, 0.2) is 64.1 Å². The molecule has 0 aliphatic carbocycles. The first kappa shape index (κ1) is 27.4. The van der Waals surface area contributed by atoms with Gasteiger partial charge in [0.15, 0.2) is 11.5 Å². The van der Waals surface area contributed by atoms with Gasteiger partial charge in [0.05, 0.1) is 24.9 Å². The molecule has 2 aliphatic rings. The van der Waals surface area contributed by atoms with Crippen molar-refractivity contribution in [1.82, 2.24) is 34.6 Å². The molecular formula is C30H27ClFN7O4. The van der Waals surface area contributed by atoms with Gasteiger partial charge in [-0.3, -0.25) is 14.4 Å². The molecular weight excluding hydrogens is 577 g/mol. The van der Waals surface area contributed by atoms with E-state index in [0.717, 1.165) is 55.3 Å². The second-order valence-corrected chi connectivity index (χ2v) is 11.0. The normalized spacial score (nSPS) is 17.2. The van der Waals surface area contributed by atoms with Crippen LogP contribution in [0.4, 0.5) is 4.39 Å². The first-order chi connectivity index (χ1) is 21.0. The van der Waals surface area contributed by atoms with Crippen molar-refractivity contribution in [3.8, 4) is 17.3 Å². The predicted octanol–water partition coefficient (Wildman–Crippen LogP) is 4.62. The molecule has 0 spiro atoms. The summed E-state index contributed by atoms with van der Waals surface area (Å²) in [5.41, 5.74) is 4.47. The van der Waals surface area contributed by atoms with Crippen LogP contribution < -0.4 is 10.5 Å². The third-order valence-corrected chi connectivity index (χ3v) is 7.89. The smallest absolute Gasteiger partial charge is 0.439 e. The highest BCUT2D eigenvalue weighted by molar-refractivity contribution is 6.30. The van der Waals surface area contributed by atoms with Crippen LogP contribution in [-0.4, -0.2) is 60.4 Å². The van der Waals surface area contributed by atoms with Crippen molar-refractivity contribution < 1.29 is 18.4 Å². The Balaban J connectivity index is 1.06. The minimum absolute atomic E-state index is 0.0616. The second-order valence-electron chi connectivity index (χ2n) is 10.5. The maximum absolute atomic E-state index is 14.1. The zero-order valence-electron chi connectivity index (χ0n) is 23.0. The van der Waals surface area contributed by atoms with E-state index in [1.165, 1.54) is 6.07 Å². The van der Waals surface area contributed by atoms with Crippen LogP contribution in [0.1, 0.15) is 29.9 Å². The molecule has 2 aliphatic heterocycles. The lowest BCUT2D eigenvalue weighted by atomic mass is 10.0. The number of rotatable bonds is 9. The summed E-state index contributed by atoms with van der Waals surface area (Å²) < 4.78 is 32.4. The molecule has 1 fully saturated rings. The van der Waals surface area contributed by atoms with E-state index in [1.807, 2.05) is 18.2 Å². The number of imidazole rings is 1. The largest absolute Gasteiger partial charge is 0.473 e. The number of pyridine rings is 2. The highest BCUT2D eigenvalue weighted by atomic mass is 35.5. The lowest BCUT2D eigenvalue weighted by Gasteiger charge is -2.29. The SMILES string of the molecule is O=c1[nH]c(-c2cnc3c(c2)nc(CN2CC=C(c4cccc(OCc5ccc(Cl)cc5F)n4)CC2)n3C[C@@H]2CCO2)no1. The summed E-state index contributed by atoms with van der Waals surface area (Å²) in [4.78, 5) is 30.6. The average Bonchev–Trinajstić information content (AvgIpc) is 3.57. The fourth-order valence-corrected chi connectivity index (χ4v) is 5.40. The minimum Gasteiger partial charge on any atom is -0.473 e. The zero-order chi connectivity index (χ0) is 29.3. The third-order valence-electron chi connectivity index (χ3n) is 7.66. The van der Waals surface area contributed by atoms with Gasteiger partial charge in [-0.25, -0.2) is 24.1 Å². The molecule has 43 heavy (non-hydrogen) atoms. The van der Waals surface area contributed by atoms with Gasteiger partial charge in [-0.1, -0.05) is 35.0 Å². The van der Waals surface area contributed by atoms with Crippen LogP contribution in [-0.2, 0) is 24.4 Å². The van der Waals surface area contributed by atoms with Gasteiger partial charge in [0, 0.05) is 48.1 Å². The van der Waals surface area contributed by atoms with E-state index < -0.39 is 11.6 Å². The van der Waals surface area contributed by atoms with Gasteiger partial charge in [-0.05, 0) is 42.7 Å². The number of H-pyrrole nitrogens is 1. The topological polar surface area (TPSA) is 124 Å². The monoisotopic (exact) mass is 603 g/mol. The summed E-state index contributed by atoms with van der Waals surface area (Å²) in [6, 6.07) is 12.0. The summed E-state index contributed by atoms with van der Waals surface area (Å²) >= 11 is 5.85. The van der Waals surface area contributed by atoms with E-state index in [0.29, 0.717) is 46.5 Å². The summed E-state index contributed by atoms with van der Waals surface area (Å²) in [7, 11) is 0. The maximum Gasteiger partial charge on any atom is 0.439 e. The molecule has 4 aromatic heterocycles. The van der Waals surface area contributed by atoms with E-state index >= 15 is 0 Å². The van der Waals surface area contributed by atoms with E-state index in [-0.39, 0.29) is 12.7 Å². The van der Waals surface area contributed by atoms with Gasteiger partial charge in [0.2, 0.25) is 5.88 Å². The Labute approximate surface area is 249 Å². The van der Waals surface area contributed by atoms with Gasteiger partial charge in [-0.2, -0.15) is 0 Å². The Morgan fingerprint density at radius 1 is 1.19 bits per heavy atom. The molecule has 0 bridgehead atoms. The summed E-state index contributed by atoms with van der Waals surface area (Å²) in [5, 5.41) is 4.11. The Morgan fingerprint density at radius 2 is 2.09 bits per heavy atom. The number of benzene rings is 1. The first-order valence-corrected chi connectivity index (χ1v) is 14.3. The molecule has 220 valence electrons. The van der Waals surface area contributed by atoms with Gasteiger partial charge >= 0.3 is 5.76 Å². The minimum atomic E-state index is -0.622. The van der Waals surface area contributed by atoms with E-state index in [2.05, 4.69) is 40.2 Å². The Bertz CT molecular complexity index is 1880. The number of nitrogens with zero attached hydrogens (tertiary/aromatic N) is 6. The molecule has 5 aromatic rings. The lowest BCUT2D eigenvalue weighted by Crippen LogP contribution is -2.33. The highest BCUT2D eigenvalue weighted by Gasteiger charge is 2.24. The number of aromatic amines is 1. The molecule has 1 aromatic carbocycles. The van der Waals surface area contributed by atoms with Crippen molar-refractivity contribution in [3.05, 3.63) is 93.2 Å². The fourth-order valence-electron chi connectivity index (χ4n) is 5.24. The van der Waals surface area contributed by atoms with Crippen molar-refractivity contribution in [1.29, 1.82) is 0 Å². The molecule has 0 unspecified atom stereocenters. The van der Waals surface area contributed by atoms with Crippen LogP contribution in [0.25, 0.3) is 28.1 Å². The van der Waals surface area contributed by atoms with Crippen LogP contribution in [0.3, 0.4) is 0 Å². The molecule has 0 saturated carbocycles. The fraction of sp³-hybridized carbons (Fsp3) is 0.300. The number of ether oxygens (including phenoxy) is 2. The Morgan fingerprint density at radius 3 is 2.84 bits per heavy atom. The predicted molar refractivity (Wildman–Crippen MR) is 156 cm³/mol. The Hall–Kier alpha value is -4.39. The number of aromatic nitrogens is 6. The maximum atomic E-state index is 14.1. The molecule has 11 nitrogen and oxygen atoms in total. The third kappa shape index (κ3) is 5.94. The van der Waals surface area contributed by atoms with Gasteiger partial charge < -0.3 is 14.0 Å². The van der Waals surface area contributed by atoms with Crippen molar-refractivity contribution in [2.75, 3.05) is 19.7 Å². The number of halogens is 2. The summed E-state index contributed by atoms with van der Waals surface area (Å²) in [5.74, 6) is 0.609. The first-order valence-electron chi connectivity index (χ1n) is 14.0. The van der Waals surface area contributed by atoms with Crippen molar-refractivity contribution >= 4 is 28.3 Å². The number of hydrogen-bond acceptors (Lipinski definition) is 9. The van der Waals surface area contributed by atoms with E-state index in [4.69, 9.17) is 26.1 Å². The second kappa shape index (κ2) is 11.7. The van der Waals surface area contributed by atoms with E-state index in [1.54, 1.807) is 24.4 Å². The number of hydrogen-bond donors (Lipinski definition) is 1. The van der Waals surface area contributed by atoms with Crippen LogP contribution in [0.2, 0.25) is 5.02 Å². The molecule has 1 saturated heterocycles. The van der Waals surface area contributed by atoms with E-state index in [9.17, 15) is 9.18 Å². The van der Waals surface area contributed by atoms with Crippen LogP contribution in [0, 0.1) is 5.82 Å². The molecule has 6 heterocycles. The van der Waals surface area contributed by atoms with Gasteiger partial charge in [-0.15, -0.1) is 0 Å². The standard InChI is InChI=1S/C30H27ClFN7O4/c31-21-5-4-19(23(32)13-21)17-42-27-3-1-2-24(35-27)18-6-9-38(10-7-18)16-26-34-25-12-20(28-36-30(40)43-37-28)14-33-29(25)39(26)15-22-8-11-41-22/h1-6,12-14,22H,7-11,15-17H2,(H,36,37,40)/t22-/m0/s1. The van der Waals surface area contributed by atoms with Gasteiger partial charge in [0.25, 0.3) is 0 Å². The Kier molecular flexibility index (Phi) is 7.47. The van der Waals surface area contributed by atoms with Crippen LogP contribution in [0.5, 0.6) is 5.88 Å². The van der Waals surface area contributed by atoms with Crippen molar-refractivity contribution in [2.45, 2.75) is 38.6 Å². The van der Waals surface area contributed by atoms with Gasteiger partial charge in [0.1, 0.15) is 23.8 Å². The molecule has 0 amide bonds. The molecule has 1 atom stereocenters. The molecule has 1 N–H and O–H groups in total. The number of fused-ring (bicyclic) bond motifs is 1. The highest BCUT2D eigenvalue weighted by Crippen LogP contribution is 2.27. The van der Waals surface area contributed by atoms with Crippen LogP contribution >= 0.6 is 11.6 Å². The average molecular weight is 604 g/mol. The zero-order valence-corrected chi connectivity index (χ0v) is 23.8. The van der Waals surface area contributed by atoms with Crippen molar-refractivity contribution in [2.24, 2.45) is 0 Å². The molecule has 13 heteroatoms.